The molecular formula is C27H28N4O2. The lowest BCUT2D eigenvalue weighted by Gasteiger charge is -2.37. The molecular weight excluding hydrogens is 412 g/mol. The van der Waals surface area contributed by atoms with Crippen molar-refractivity contribution >= 4 is 22.4 Å². The van der Waals surface area contributed by atoms with Gasteiger partial charge in [0.1, 0.15) is 12.1 Å². The number of hydrogen-bond acceptors (Lipinski definition) is 6. The average molecular weight is 441 g/mol. The zero-order valence-electron chi connectivity index (χ0n) is 19.3. The fraction of sp³-hybridized carbons (Fsp3) is 0.259. The monoisotopic (exact) mass is 440 g/mol. The molecule has 1 aliphatic heterocycles. The average Bonchev–Trinajstić information content (AvgIpc) is 2.88. The summed E-state index contributed by atoms with van der Waals surface area (Å²) in [7, 11) is 3.31. The van der Waals surface area contributed by atoms with Crippen LogP contribution in [0.25, 0.3) is 22.0 Å². The fourth-order valence-electron chi connectivity index (χ4n) is 4.42. The fourth-order valence-corrected chi connectivity index (χ4v) is 4.42. The molecule has 1 aromatic heterocycles. The lowest BCUT2D eigenvalue weighted by atomic mass is 10.0. The molecule has 0 aliphatic carbocycles. The zero-order valence-corrected chi connectivity index (χ0v) is 19.3. The molecule has 0 saturated carbocycles. The number of aryl methyl sites for hydroxylation is 1. The highest BCUT2D eigenvalue weighted by Gasteiger charge is 2.20. The Hall–Kier alpha value is -3.80. The first-order valence-corrected chi connectivity index (χ1v) is 11.2. The summed E-state index contributed by atoms with van der Waals surface area (Å²) in [6, 6.07) is 21.1. The third-order valence-corrected chi connectivity index (χ3v) is 6.31. The first kappa shape index (κ1) is 21.1. The molecule has 0 atom stereocenters. The number of ether oxygens (including phenoxy) is 2. The molecule has 6 nitrogen and oxygen atoms in total. The van der Waals surface area contributed by atoms with Crippen molar-refractivity contribution in [3.63, 3.8) is 0 Å². The number of aromatic nitrogens is 2. The van der Waals surface area contributed by atoms with Gasteiger partial charge in [0, 0.05) is 37.3 Å². The van der Waals surface area contributed by atoms with E-state index >= 15 is 0 Å². The molecule has 6 heteroatoms. The van der Waals surface area contributed by atoms with Crippen molar-refractivity contribution in [3.8, 4) is 22.6 Å². The second-order valence-corrected chi connectivity index (χ2v) is 8.31. The molecule has 0 spiro atoms. The van der Waals surface area contributed by atoms with Gasteiger partial charge in [-0.25, -0.2) is 9.97 Å². The van der Waals surface area contributed by atoms with Crippen LogP contribution >= 0.6 is 0 Å². The minimum absolute atomic E-state index is 0.715. The van der Waals surface area contributed by atoms with Crippen molar-refractivity contribution in [2.75, 3.05) is 50.2 Å². The van der Waals surface area contributed by atoms with E-state index in [1.54, 1.807) is 20.5 Å². The normalized spacial score (nSPS) is 13.9. The van der Waals surface area contributed by atoms with Crippen LogP contribution in [0.5, 0.6) is 11.5 Å². The molecule has 3 aromatic carbocycles. The van der Waals surface area contributed by atoms with Crippen molar-refractivity contribution in [2.45, 2.75) is 6.92 Å². The van der Waals surface area contributed by atoms with E-state index in [0.29, 0.717) is 5.75 Å². The molecule has 1 aliphatic rings. The lowest BCUT2D eigenvalue weighted by Crippen LogP contribution is -2.46. The summed E-state index contributed by atoms with van der Waals surface area (Å²) in [5, 5.41) is 1.06. The van der Waals surface area contributed by atoms with Gasteiger partial charge in [0.2, 0.25) is 0 Å². The number of methoxy groups -OCH3 is 2. The third-order valence-electron chi connectivity index (χ3n) is 6.31. The van der Waals surface area contributed by atoms with Gasteiger partial charge >= 0.3 is 0 Å². The predicted octanol–water partition coefficient (Wildman–Crippen LogP) is 4.95. The molecule has 0 radical (unpaired) electrons. The van der Waals surface area contributed by atoms with E-state index in [0.717, 1.165) is 59.8 Å². The Balaban J connectivity index is 1.43. The Labute approximate surface area is 194 Å². The maximum Gasteiger partial charge on any atom is 0.161 e. The van der Waals surface area contributed by atoms with Gasteiger partial charge in [0.25, 0.3) is 0 Å². The second kappa shape index (κ2) is 8.98. The van der Waals surface area contributed by atoms with Gasteiger partial charge in [-0.2, -0.15) is 0 Å². The molecule has 4 aromatic rings. The SMILES string of the molecule is COc1ccc(-c2ccc3ncnc(N4CCN(c5ccc(C)cc5)CC4)c3c2)cc1OC. The molecule has 0 amide bonds. The molecule has 2 heterocycles. The van der Waals surface area contributed by atoms with Crippen LogP contribution in [0.15, 0.2) is 67.0 Å². The minimum atomic E-state index is 0.715. The number of piperazine rings is 1. The molecule has 5 rings (SSSR count). The summed E-state index contributed by atoms with van der Waals surface area (Å²) in [5.41, 5.74) is 5.68. The van der Waals surface area contributed by atoms with Crippen LogP contribution < -0.4 is 19.3 Å². The molecule has 1 fully saturated rings. The molecule has 168 valence electrons. The third kappa shape index (κ3) is 4.16. The van der Waals surface area contributed by atoms with Crippen LogP contribution in [0, 0.1) is 6.92 Å². The molecule has 0 unspecified atom stereocenters. The number of anilines is 2. The summed E-state index contributed by atoms with van der Waals surface area (Å²) < 4.78 is 10.9. The topological polar surface area (TPSA) is 50.7 Å². The van der Waals surface area contributed by atoms with Crippen LogP contribution in [0.3, 0.4) is 0 Å². The Morgan fingerprint density at radius 1 is 0.697 bits per heavy atom. The van der Waals surface area contributed by atoms with Gasteiger partial charge < -0.3 is 19.3 Å². The van der Waals surface area contributed by atoms with Gasteiger partial charge in [-0.3, -0.25) is 0 Å². The van der Waals surface area contributed by atoms with Gasteiger partial charge in [0.15, 0.2) is 11.5 Å². The minimum Gasteiger partial charge on any atom is -0.493 e. The predicted molar refractivity (Wildman–Crippen MR) is 134 cm³/mol. The van der Waals surface area contributed by atoms with E-state index in [-0.39, 0.29) is 0 Å². The van der Waals surface area contributed by atoms with Crippen molar-refractivity contribution < 1.29 is 9.47 Å². The zero-order chi connectivity index (χ0) is 22.8. The number of fused-ring (bicyclic) bond motifs is 1. The molecule has 0 N–H and O–H groups in total. The Morgan fingerprint density at radius 3 is 2.09 bits per heavy atom. The number of rotatable bonds is 5. The number of benzene rings is 3. The highest BCUT2D eigenvalue weighted by atomic mass is 16.5. The maximum absolute atomic E-state index is 5.50. The van der Waals surface area contributed by atoms with Crippen molar-refractivity contribution in [1.29, 1.82) is 0 Å². The van der Waals surface area contributed by atoms with E-state index in [2.05, 4.69) is 69.2 Å². The molecule has 33 heavy (non-hydrogen) atoms. The van der Waals surface area contributed by atoms with Crippen LogP contribution in [0.4, 0.5) is 11.5 Å². The number of hydrogen-bond donors (Lipinski definition) is 0. The Bertz CT molecular complexity index is 1270. The van der Waals surface area contributed by atoms with Crippen LogP contribution in [-0.2, 0) is 0 Å². The van der Waals surface area contributed by atoms with E-state index in [4.69, 9.17) is 9.47 Å². The standard InChI is InChI=1S/C27H28N4O2/c1-19-4-8-22(9-5-19)30-12-14-31(15-13-30)27-23-16-20(6-10-24(23)28-18-29-27)21-7-11-25(32-2)26(17-21)33-3/h4-11,16-18H,12-15H2,1-3H3. The van der Waals surface area contributed by atoms with Gasteiger partial charge in [0.05, 0.1) is 19.7 Å². The lowest BCUT2D eigenvalue weighted by molar-refractivity contribution is 0.355. The van der Waals surface area contributed by atoms with Crippen LogP contribution in [-0.4, -0.2) is 50.4 Å². The quantitative estimate of drug-likeness (QED) is 0.438. The van der Waals surface area contributed by atoms with E-state index < -0.39 is 0 Å². The number of nitrogens with zero attached hydrogens (tertiary/aromatic N) is 4. The second-order valence-electron chi connectivity index (χ2n) is 8.31. The summed E-state index contributed by atoms with van der Waals surface area (Å²) in [6.45, 7) is 5.88. The van der Waals surface area contributed by atoms with Crippen molar-refractivity contribution in [3.05, 3.63) is 72.6 Å². The van der Waals surface area contributed by atoms with Crippen LogP contribution in [0.2, 0.25) is 0 Å². The van der Waals surface area contributed by atoms with Crippen molar-refractivity contribution in [2.24, 2.45) is 0 Å². The smallest absolute Gasteiger partial charge is 0.161 e. The van der Waals surface area contributed by atoms with E-state index in [1.807, 2.05) is 18.2 Å². The highest BCUT2D eigenvalue weighted by molar-refractivity contribution is 5.93. The van der Waals surface area contributed by atoms with Gasteiger partial charge in [-0.05, 0) is 54.4 Å². The molecule has 0 bridgehead atoms. The van der Waals surface area contributed by atoms with E-state index in [9.17, 15) is 0 Å². The first-order valence-electron chi connectivity index (χ1n) is 11.2. The largest absolute Gasteiger partial charge is 0.493 e. The Morgan fingerprint density at radius 2 is 1.36 bits per heavy atom. The van der Waals surface area contributed by atoms with Crippen molar-refractivity contribution in [1.82, 2.24) is 9.97 Å². The van der Waals surface area contributed by atoms with Gasteiger partial charge in [-0.15, -0.1) is 0 Å². The summed E-state index contributed by atoms with van der Waals surface area (Å²) in [6.07, 6.45) is 1.67. The van der Waals surface area contributed by atoms with Gasteiger partial charge in [-0.1, -0.05) is 29.8 Å². The van der Waals surface area contributed by atoms with E-state index in [1.165, 1.54) is 11.3 Å². The van der Waals surface area contributed by atoms with Crippen LogP contribution in [0.1, 0.15) is 5.56 Å². The molecule has 1 saturated heterocycles. The highest BCUT2D eigenvalue weighted by Crippen LogP contribution is 2.34. The summed E-state index contributed by atoms with van der Waals surface area (Å²) in [4.78, 5) is 14.0. The summed E-state index contributed by atoms with van der Waals surface area (Å²) in [5.74, 6) is 2.43. The Kier molecular flexibility index (Phi) is 5.73. The summed E-state index contributed by atoms with van der Waals surface area (Å²) >= 11 is 0. The first-order chi connectivity index (χ1) is 16.2. The maximum atomic E-state index is 5.50.